The van der Waals surface area contributed by atoms with E-state index >= 15 is 0 Å². The normalized spacial score (nSPS) is 13.3. The third-order valence-electron chi connectivity index (χ3n) is 3.77. The Balaban J connectivity index is 0.000000278. The molecule has 1 N–H and O–H groups in total. The predicted molar refractivity (Wildman–Crippen MR) is 88.2 cm³/mol. The highest BCUT2D eigenvalue weighted by atomic mass is 19.3. The molecule has 136 valence electrons. The molecule has 0 aliphatic carbocycles. The number of pyridine rings is 1. The van der Waals surface area contributed by atoms with Gasteiger partial charge in [0, 0.05) is 18.8 Å². The number of alkyl carbamates (subject to hydrolysis) is 1. The van der Waals surface area contributed by atoms with Gasteiger partial charge < -0.3 is 10.1 Å². The maximum atomic E-state index is 13.3. The Morgan fingerprint density at radius 1 is 1.23 bits per heavy atom. The van der Waals surface area contributed by atoms with Crippen molar-refractivity contribution in [3.05, 3.63) is 48.0 Å². The lowest BCUT2D eigenvalue weighted by Gasteiger charge is -2.06. The monoisotopic (exact) mass is 364 g/mol. The van der Waals surface area contributed by atoms with Crippen molar-refractivity contribution in [3.8, 4) is 11.1 Å². The second-order valence-electron chi connectivity index (χ2n) is 5.50. The molecule has 1 aliphatic heterocycles. The van der Waals surface area contributed by atoms with Crippen LogP contribution >= 0.6 is 0 Å². The van der Waals surface area contributed by atoms with E-state index in [2.05, 4.69) is 20.1 Å². The molecule has 0 atom stereocenters. The van der Waals surface area contributed by atoms with E-state index in [1.54, 1.807) is 30.2 Å². The van der Waals surface area contributed by atoms with Gasteiger partial charge in [-0.25, -0.2) is 18.0 Å². The first-order valence-corrected chi connectivity index (χ1v) is 7.72. The number of hydrogen-bond donors (Lipinski definition) is 1. The average molecular weight is 364 g/mol. The molecule has 1 aliphatic rings. The van der Waals surface area contributed by atoms with Crippen LogP contribution in [0.3, 0.4) is 0 Å². The number of amides is 1. The lowest BCUT2D eigenvalue weighted by atomic mass is 10.0. The van der Waals surface area contributed by atoms with Crippen LogP contribution in [0.15, 0.2) is 36.7 Å². The van der Waals surface area contributed by atoms with Gasteiger partial charge >= 0.3 is 6.09 Å². The number of nitrogens with zero attached hydrogens (tertiary/aromatic N) is 3. The zero-order valence-electron chi connectivity index (χ0n) is 13.7. The Hall–Kier alpha value is -3.10. The summed E-state index contributed by atoms with van der Waals surface area (Å²) < 4.78 is 44.8. The summed E-state index contributed by atoms with van der Waals surface area (Å²) in [7, 11) is 1.77. The van der Waals surface area contributed by atoms with E-state index in [1.165, 1.54) is 6.07 Å². The maximum absolute atomic E-state index is 13.3. The molecule has 3 aromatic rings. The van der Waals surface area contributed by atoms with Gasteiger partial charge in [-0.05, 0) is 23.8 Å². The zero-order valence-corrected chi connectivity index (χ0v) is 13.7. The predicted octanol–water partition coefficient (Wildman–Crippen LogP) is 3.44. The molecule has 9 heteroatoms. The quantitative estimate of drug-likeness (QED) is 0.756. The Labute approximate surface area is 146 Å². The Bertz CT molecular complexity index is 935. The average Bonchev–Trinajstić information content (AvgIpc) is 3.25. The highest BCUT2D eigenvalue weighted by Crippen LogP contribution is 2.29. The lowest BCUT2D eigenvalue weighted by Crippen LogP contribution is -2.11. The molecule has 0 radical (unpaired) electrons. The van der Waals surface area contributed by atoms with Crippen LogP contribution in [-0.4, -0.2) is 34.0 Å². The van der Waals surface area contributed by atoms with Crippen molar-refractivity contribution in [3.63, 3.8) is 0 Å². The Morgan fingerprint density at radius 2 is 2.04 bits per heavy atom. The molecule has 4 rings (SSSR count). The molecule has 26 heavy (non-hydrogen) atoms. The van der Waals surface area contributed by atoms with E-state index in [9.17, 15) is 18.0 Å². The summed E-state index contributed by atoms with van der Waals surface area (Å²) in [6, 6.07) is 5.45. The molecule has 1 aromatic carbocycles. The van der Waals surface area contributed by atoms with Gasteiger partial charge in [-0.3, -0.25) is 9.67 Å². The van der Waals surface area contributed by atoms with Gasteiger partial charge in [0.1, 0.15) is 17.9 Å². The van der Waals surface area contributed by atoms with Gasteiger partial charge in [0.25, 0.3) is 6.43 Å². The summed E-state index contributed by atoms with van der Waals surface area (Å²) >= 11 is 0. The van der Waals surface area contributed by atoms with Crippen molar-refractivity contribution in [1.82, 2.24) is 20.1 Å². The minimum Gasteiger partial charge on any atom is -0.448 e. The zero-order chi connectivity index (χ0) is 18.7. The second kappa shape index (κ2) is 7.42. The molecule has 1 fully saturated rings. The molecule has 0 unspecified atom stereocenters. The van der Waals surface area contributed by atoms with E-state index in [0.29, 0.717) is 29.8 Å². The Kier molecular flexibility index (Phi) is 5.06. The molecule has 2 aromatic heterocycles. The Morgan fingerprint density at radius 3 is 2.65 bits per heavy atom. The highest BCUT2D eigenvalue weighted by molar-refractivity contribution is 5.80. The minimum atomic E-state index is -2.84. The number of ether oxygens (including phenoxy) is 1. The summed E-state index contributed by atoms with van der Waals surface area (Å²) in [6.45, 7) is 1.19. The fourth-order valence-corrected chi connectivity index (χ4v) is 2.42. The topological polar surface area (TPSA) is 69.0 Å². The summed E-state index contributed by atoms with van der Waals surface area (Å²) in [4.78, 5) is 14.1. The number of hydrogen-bond acceptors (Lipinski definition) is 4. The van der Waals surface area contributed by atoms with Crippen molar-refractivity contribution in [2.24, 2.45) is 7.05 Å². The van der Waals surface area contributed by atoms with Crippen LogP contribution in [0.4, 0.5) is 18.0 Å². The number of nitrogens with one attached hydrogen (secondary N) is 1. The number of aromatic nitrogens is 3. The van der Waals surface area contributed by atoms with Crippen LogP contribution in [0.5, 0.6) is 0 Å². The van der Waals surface area contributed by atoms with Crippen molar-refractivity contribution in [2.45, 2.75) is 6.43 Å². The molecular weight excluding hydrogens is 349 g/mol. The number of aryl methyl sites for hydroxylation is 1. The van der Waals surface area contributed by atoms with Gasteiger partial charge in [-0.2, -0.15) is 5.10 Å². The first kappa shape index (κ1) is 17.7. The number of cyclic esters (lactones) is 1. The number of rotatable bonds is 2. The fourth-order valence-electron chi connectivity index (χ4n) is 2.42. The van der Waals surface area contributed by atoms with Gasteiger partial charge in [0.05, 0.1) is 23.8 Å². The number of fused-ring (bicyclic) bond motifs is 1. The highest BCUT2D eigenvalue weighted by Gasteiger charge is 2.15. The van der Waals surface area contributed by atoms with Gasteiger partial charge in [-0.1, -0.05) is 6.07 Å². The summed E-state index contributed by atoms with van der Waals surface area (Å²) in [5, 5.41) is 6.52. The molecule has 6 nitrogen and oxygen atoms in total. The van der Waals surface area contributed by atoms with Crippen molar-refractivity contribution < 1.29 is 22.7 Å². The second-order valence-corrected chi connectivity index (χ2v) is 5.50. The summed E-state index contributed by atoms with van der Waals surface area (Å²) in [5.74, 6) is -0.904. The van der Waals surface area contributed by atoms with E-state index < -0.39 is 17.8 Å². The smallest absolute Gasteiger partial charge is 0.407 e. The lowest BCUT2D eigenvalue weighted by molar-refractivity contribution is 0.146. The van der Waals surface area contributed by atoms with Crippen LogP contribution in [0.1, 0.15) is 12.0 Å². The van der Waals surface area contributed by atoms with E-state index in [1.807, 2.05) is 0 Å². The molecule has 3 heterocycles. The molecule has 1 saturated heterocycles. The number of halogens is 3. The molecule has 0 saturated carbocycles. The van der Waals surface area contributed by atoms with Crippen LogP contribution in [-0.2, 0) is 11.8 Å². The van der Waals surface area contributed by atoms with Crippen LogP contribution in [0, 0.1) is 5.82 Å². The minimum absolute atomic E-state index is 0.296. The molecule has 1 amide bonds. The SMILES string of the molecule is Cn1ncc2ncc(-c3ccc(F)c(C(F)F)c3)cc21.O=C1NCCO1. The molecular formula is C17H15F3N4O2. The number of alkyl halides is 2. The van der Waals surface area contributed by atoms with Crippen LogP contribution < -0.4 is 5.32 Å². The number of carbonyl (C=O) groups excluding carboxylic acids is 1. The molecule has 0 bridgehead atoms. The summed E-state index contributed by atoms with van der Waals surface area (Å²) in [6.07, 6.45) is 0.0410. The third kappa shape index (κ3) is 3.76. The fraction of sp³-hybridized carbons (Fsp3) is 0.235. The van der Waals surface area contributed by atoms with Crippen LogP contribution in [0.2, 0.25) is 0 Å². The van der Waals surface area contributed by atoms with Crippen molar-refractivity contribution in [2.75, 3.05) is 13.2 Å². The van der Waals surface area contributed by atoms with E-state index in [0.717, 1.165) is 17.6 Å². The standard InChI is InChI=1S/C14H10F3N3.C3H5NO2/c1-20-13-5-9(6-18-12(13)7-19-20)8-2-3-11(15)10(4-8)14(16)17;5-3-4-1-2-6-3/h2-7,14H,1H3;1-2H2,(H,4,5). The number of benzene rings is 1. The maximum Gasteiger partial charge on any atom is 0.407 e. The number of carbonyl (C=O) groups is 1. The first-order chi connectivity index (χ1) is 12.5. The van der Waals surface area contributed by atoms with Crippen molar-refractivity contribution in [1.29, 1.82) is 0 Å². The van der Waals surface area contributed by atoms with Gasteiger partial charge in [0.15, 0.2) is 0 Å². The van der Waals surface area contributed by atoms with Gasteiger partial charge in [-0.15, -0.1) is 0 Å². The summed E-state index contributed by atoms with van der Waals surface area (Å²) in [5.41, 5.74) is 2.03. The van der Waals surface area contributed by atoms with Crippen molar-refractivity contribution >= 4 is 17.1 Å². The van der Waals surface area contributed by atoms with Gasteiger partial charge in [0.2, 0.25) is 0 Å². The first-order valence-electron chi connectivity index (χ1n) is 7.72. The van der Waals surface area contributed by atoms with Crippen LogP contribution in [0.25, 0.3) is 22.2 Å². The third-order valence-corrected chi connectivity index (χ3v) is 3.77. The molecule has 0 spiro atoms. The largest absolute Gasteiger partial charge is 0.448 e. The van der Waals surface area contributed by atoms with E-state index in [-0.39, 0.29) is 6.09 Å². The van der Waals surface area contributed by atoms with E-state index in [4.69, 9.17) is 0 Å².